The number of aryl methyl sites for hydroxylation is 1. The van der Waals surface area contributed by atoms with Crippen molar-refractivity contribution in [2.24, 2.45) is 17.6 Å². The lowest BCUT2D eigenvalue weighted by atomic mass is 9.64. The van der Waals surface area contributed by atoms with Crippen LogP contribution in [0, 0.1) is 23.7 Å². The first-order valence-electron chi connectivity index (χ1n) is 23.5. The number of anilines is 1. The Morgan fingerprint density at radius 2 is 1.85 bits per heavy atom. The number of hydrogen-bond acceptors (Lipinski definition) is 12. The Hall–Kier alpha value is -6.13. The SMILES string of the molecule is CCNc1ccccc1CCC1C2=C(C#CCc3cc(O)c(OC(CNC)CNC)cc3C3Oc4c(ccc5c4C4(CCC1C4)Cc1cc(O)cc(OC)c1-5)C3COC(C)=O)NC(N)C=C2. The fourth-order valence-corrected chi connectivity index (χ4v) is 11.6. The minimum atomic E-state index is -0.622. The van der Waals surface area contributed by atoms with Crippen molar-refractivity contribution in [3.8, 4) is 51.7 Å². The maximum Gasteiger partial charge on any atom is 0.302 e. The van der Waals surface area contributed by atoms with Gasteiger partial charge < -0.3 is 56.2 Å². The topological polar surface area (TPSA) is 169 Å². The average molecular weight is 894 g/mol. The van der Waals surface area contributed by atoms with Gasteiger partial charge in [0.15, 0.2) is 11.5 Å². The third-order valence-electron chi connectivity index (χ3n) is 14.4. The number of fused-ring (bicyclic) bond motifs is 6. The van der Waals surface area contributed by atoms with Crippen LogP contribution in [0.25, 0.3) is 11.1 Å². The molecule has 8 N–H and O–H groups in total. The van der Waals surface area contributed by atoms with Crippen LogP contribution in [0.15, 0.2) is 84.1 Å². The monoisotopic (exact) mass is 893 g/mol. The van der Waals surface area contributed by atoms with Crippen molar-refractivity contribution < 1.29 is 34.0 Å². The molecule has 1 spiro atoms. The molecule has 9 rings (SSSR count). The molecule has 6 atom stereocenters. The summed E-state index contributed by atoms with van der Waals surface area (Å²) >= 11 is 0. The fraction of sp³-hybridized carbons (Fsp3) is 0.426. The highest BCUT2D eigenvalue weighted by molar-refractivity contribution is 5.84. The second-order valence-corrected chi connectivity index (χ2v) is 18.5. The second-order valence-electron chi connectivity index (χ2n) is 18.5. The van der Waals surface area contributed by atoms with E-state index in [1.165, 1.54) is 12.5 Å². The van der Waals surface area contributed by atoms with Gasteiger partial charge in [0.1, 0.15) is 36.1 Å². The highest BCUT2D eigenvalue weighted by atomic mass is 16.5. The number of carbonyl (C=O) groups excluding carboxylic acids is 1. The molecule has 1 fully saturated rings. The lowest BCUT2D eigenvalue weighted by Gasteiger charge is -2.40. The molecule has 0 aromatic heterocycles. The summed E-state index contributed by atoms with van der Waals surface area (Å²) in [6.07, 6.45) is 8.35. The van der Waals surface area contributed by atoms with Crippen LogP contribution < -0.4 is 41.2 Å². The van der Waals surface area contributed by atoms with Crippen molar-refractivity contribution in [2.75, 3.05) is 52.8 Å². The van der Waals surface area contributed by atoms with Crippen LogP contribution in [0.1, 0.15) is 84.9 Å². The molecule has 4 aromatic rings. The van der Waals surface area contributed by atoms with Gasteiger partial charge in [-0.15, -0.1) is 0 Å². The number of rotatable bonds is 14. The molecule has 66 heavy (non-hydrogen) atoms. The van der Waals surface area contributed by atoms with E-state index < -0.39 is 18.2 Å². The van der Waals surface area contributed by atoms with Crippen molar-refractivity contribution in [2.45, 2.75) is 88.5 Å². The van der Waals surface area contributed by atoms with Crippen molar-refractivity contribution in [3.05, 3.63) is 117 Å². The fourth-order valence-electron chi connectivity index (χ4n) is 11.6. The molecule has 4 bridgehead atoms. The molecule has 12 heteroatoms. The number of esters is 1. The summed E-state index contributed by atoms with van der Waals surface area (Å²) in [4.78, 5) is 12.6. The number of aromatic hydroxyl groups is 2. The Kier molecular flexibility index (Phi) is 13.0. The Labute approximate surface area is 388 Å². The van der Waals surface area contributed by atoms with E-state index in [1.54, 1.807) is 19.2 Å². The Bertz CT molecular complexity index is 2620. The lowest BCUT2D eigenvalue weighted by Crippen LogP contribution is -2.38. The van der Waals surface area contributed by atoms with Crippen LogP contribution in [-0.4, -0.2) is 75.9 Å². The van der Waals surface area contributed by atoms with Gasteiger partial charge >= 0.3 is 5.97 Å². The minimum absolute atomic E-state index is 0.00289. The van der Waals surface area contributed by atoms with Crippen LogP contribution >= 0.6 is 0 Å². The lowest BCUT2D eigenvalue weighted by molar-refractivity contribution is -0.141. The molecule has 0 saturated heterocycles. The van der Waals surface area contributed by atoms with Gasteiger partial charge in [-0.05, 0) is 135 Å². The minimum Gasteiger partial charge on any atom is -0.508 e. The molecule has 346 valence electrons. The van der Waals surface area contributed by atoms with Crippen molar-refractivity contribution in [1.82, 2.24) is 16.0 Å². The molecule has 3 aliphatic heterocycles. The predicted octanol–water partition coefficient (Wildman–Crippen LogP) is 7.27. The zero-order valence-corrected chi connectivity index (χ0v) is 38.7. The van der Waals surface area contributed by atoms with Crippen LogP contribution in [0.2, 0.25) is 0 Å². The van der Waals surface area contributed by atoms with E-state index in [0.717, 1.165) is 100 Å². The molecule has 6 unspecified atom stereocenters. The number of para-hydroxylation sites is 1. The van der Waals surface area contributed by atoms with E-state index in [0.29, 0.717) is 31.0 Å². The van der Waals surface area contributed by atoms with Crippen molar-refractivity contribution >= 4 is 11.7 Å². The summed E-state index contributed by atoms with van der Waals surface area (Å²) in [5.41, 5.74) is 17.3. The Morgan fingerprint density at radius 3 is 2.62 bits per heavy atom. The van der Waals surface area contributed by atoms with Crippen LogP contribution in [0.5, 0.6) is 28.7 Å². The molecule has 2 aliphatic carbocycles. The number of phenols is 2. The molecule has 5 aliphatic rings. The quantitative estimate of drug-likeness (QED) is 0.0501. The molecular weight excluding hydrogens is 831 g/mol. The van der Waals surface area contributed by atoms with Gasteiger partial charge in [-0.1, -0.05) is 42.3 Å². The number of allylic oxidation sites excluding steroid dienone is 3. The number of carbonyl (C=O) groups is 1. The van der Waals surface area contributed by atoms with E-state index >= 15 is 0 Å². The zero-order valence-electron chi connectivity index (χ0n) is 38.7. The maximum absolute atomic E-state index is 12.6. The highest BCUT2D eigenvalue weighted by Gasteiger charge is 2.52. The first-order chi connectivity index (χ1) is 32.0. The van der Waals surface area contributed by atoms with Gasteiger partial charge in [0.25, 0.3) is 0 Å². The molecule has 1 saturated carbocycles. The summed E-state index contributed by atoms with van der Waals surface area (Å²) in [7, 11) is 5.38. The predicted molar refractivity (Wildman–Crippen MR) is 257 cm³/mol. The van der Waals surface area contributed by atoms with Crippen LogP contribution in [0.3, 0.4) is 0 Å². The van der Waals surface area contributed by atoms with Gasteiger partial charge in [0.2, 0.25) is 0 Å². The van der Waals surface area contributed by atoms with Gasteiger partial charge in [0, 0.05) is 72.4 Å². The number of methoxy groups -OCH3 is 1. The van der Waals surface area contributed by atoms with Gasteiger partial charge in [-0.3, -0.25) is 4.79 Å². The van der Waals surface area contributed by atoms with E-state index in [1.807, 2.05) is 32.3 Å². The van der Waals surface area contributed by atoms with E-state index in [4.69, 9.17) is 24.7 Å². The number of dihydropyridines is 1. The highest BCUT2D eigenvalue weighted by Crippen LogP contribution is 2.63. The number of nitrogens with one attached hydrogen (secondary N) is 4. The number of hydrogen-bond donors (Lipinski definition) is 7. The largest absolute Gasteiger partial charge is 0.508 e. The number of benzene rings is 4. The molecule has 4 aromatic carbocycles. The summed E-state index contributed by atoms with van der Waals surface area (Å²) in [6, 6.07) is 20.1. The summed E-state index contributed by atoms with van der Waals surface area (Å²) in [5, 5.41) is 36.3. The van der Waals surface area contributed by atoms with Crippen LogP contribution in [-0.2, 0) is 34.2 Å². The third kappa shape index (κ3) is 8.56. The maximum atomic E-state index is 12.6. The number of ether oxygens (including phenoxy) is 4. The molecular formula is C54H63N5O7. The van der Waals surface area contributed by atoms with Crippen molar-refractivity contribution in [3.63, 3.8) is 0 Å². The first kappa shape index (κ1) is 45.0. The molecule has 12 nitrogen and oxygen atoms in total. The van der Waals surface area contributed by atoms with Crippen molar-refractivity contribution in [1.29, 1.82) is 0 Å². The Balaban J connectivity index is 1.27. The summed E-state index contributed by atoms with van der Waals surface area (Å²) < 4.78 is 25.9. The van der Waals surface area contributed by atoms with Crippen LogP contribution in [0.4, 0.5) is 5.69 Å². The van der Waals surface area contributed by atoms with Gasteiger partial charge in [0.05, 0.1) is 24.9 Å². The van der Waals surface area contributed by atoms with E-state index in [-0.39, 0.29) is 53.9 Å². The number of likely N-dealkylation sites (N-methyl/N-ethyl adjacent to an activating group) is 2. The van der Waals surface area contributed by atoms with E-state index in [9.17, 15) is 15.0 Å². The number of phenolic OH excluding ortho intramolecular Hbond substituents is 2. The van der Waals surface area contributed by atoms with E-state index in [2.05, 4.69) is 82.5 Å². The van der Waals surface area contributed by atoms with Gasteiger partial charge in [-0.2, -0.15) is 0 Å². The molecule has 0 amide bonds. The summed E-state index contributed by atoms with van der Waals surface area (Å²) in [5.74, 6) is 8.54. The second kappa shape index (κ2) is 19.0. The molecule has 0 radical (unpaired) electrons. The number of nitrogens with two attached hydrogens (primary N) is 1. The normalized spacial score (nSPS) is 23.2. The summed E-state index contributed by atoms with van der Waals surface area (Å²) in [6.45, 7) is 5.57. The standard InChI is InChI=1S/C54H63N5O7/c1-6-58-44-12-8-7-10-32(44)14-15-38-34-20-21-54(26-34)27-35-22-36(61)24-48(63-5)50(35)41-17-16-40-43(30-64-31(2)60)52(66-53(40)51(41)54)42-25-47(65-37(28-56-3)29-57-4)46(62)23-33(42)11-9-13-45-39(38)18-19-49(55)59-45/h7-8,10,12,16-19,22-25,34,37-38,43,49,52,56-59,61-62H,6,11,14-15,20-21,26-30,55H2,1-5H3. The third-order valence-corrected chi connectivity index (χ3v) is 14.4. The Morgan fingerprint density at radius 1 is 1.03 bits per heavy atom. The first-order valence-corrected chi connectivity index (χ1v) is 23.5. The molecule has 3 heterocycles. The van der Waals surface area contributed by atoms with Gasteiger partial charge in [-0.25, -0.2) is 0 Å². The average Bonchev–Trinajstić information content (AvgIpc) is 3.88. The smallest absolute Gasteiger partial charge is 0.302 e. The zero-order chi connectivity index (χ0) is 46.1.